The summed E-state index contributed by atoms with van der Waals surface area (Å²) in [4.78, 5) is 27.6. The van der Waals surface area contributed by atoms with Crippen LogP contribution in [0.3, 0.4) is 0 Å². The standard InChI is InChI=1S/C27H38N4O6S/c1-18(2)16-31(21-7-5-4-6-8-21)25-12-9-22(36-17-27(33)30-38(34,35)23-10-11-23)15-24(25)28-26(32)14-20-13-19(3)37-29-20/h9,12-13,15,18,21,23H,4-8,10-11,14,16-17H2,1-3H3,(H,28,32)(H,30,33). The van der Waals surface area contributed by atoms with Crippen molar-refractivity contribution in [2.75, 3.05) is 23.4 Å². The Morgan fingerprint density at radius 2 is 1.84 bits per heavy atom. The first-order chi connectivity index (χ1) is 18.1. The van der Waals surface area contributed by atoms with Crippen LogP contribution in [0.2, 0.25) is 0 Å². The quantitative estimate of drug-likeness (QED) is 0.409. The van der Waals surface area contributed by atoms with Gasteiger partial charge in [0.25, 0.3) is 5.91 Å². The first kappa shape index (κ1) is 27.9. The van der Waals surface area contributed by atoms with Gasteiger partial charge in [-0.3, -0.25) is 9.59 Å². The zero-order valence-corrected chi connectivity index (χ0v) is 23.2. The highest BCUT2D eigenvalue weighted by atomic mass is 32.2. The van der Waals surface area contributed by atoms with Gasteiger partial charge in [-0.2, -0.15) is 0 Å². The van der Waals surface area contributed by atoms with Gasteiger partial charge in [0.05, 0.1) is 28.7 Å². The largest absolute Gasteiger partial charge is 0.484 e. The van der Waals surface area contributed by atoms with E-state index in [9.17, 15) is 18.0 Å². The summed E-state index contributed by atoms with van der Waals surface area (Å²) in [7, 11) is -3.64. The number of aromatic nitrogens is 1. The summed E-state index contributed by atoms with van der Waals surface area (Å²) < 4.78 is 36.9. The van der Waals surface area contributed by atoms with Gasteiger partial charge in [-0.25, -0.2) is 13.1 Å². The van der Waals surface area contributed by atoms with E-state index in [1.54, 1.807) is 25.1 Å². The van der Waals surface area contributed by atoms with Crippen molar-refractivity contribution in [3.05, 3.63) is 35.7 Å². The highest BCUT2D eigenvalue weighted by molar-refractivity contribution is 7.90. The SMILES string of the molecule is Cc1cc(CC(=O)Nc2cc(OCC(=O)NS(=O)(=O)C3CC3)ccc2N(CC(C)C)C2CCCCC2)no1. The van der Waals surface area contributed by atoms with E-state index >= 15 is 0 Å². The molecule has 0 bridgehead atoms. The lowest BCUT2D eigenvalue weighted by Gasteiger charge is -2.38. The second-order valence-electron chi connectivity index (χ2n) is 10.7. The minimum absolute atomic E-state index is 0.0525. The molecule has 0 saturated heterocycles. The van der Waals surface area contributed by atoms with Crippen molar-refractivity contribution in [2.45, 2.75) is 83.4 Å². The van der Waals surface area contributed by atoms with Crippen molar-refractivity contribution < 1.29 is 27.3 Å². The third-order valence-electron chi connectivity index (χ3n) is 6.74. The molecule has 208 valence electrons. The smallest absolute Gasteiger partial charge is 0.271 e. The fourth-order valence-corrected chi connectivity index (χ4v) is 6.14. The van der Waals surface area contributed by atoms with Crippen LogP contribution in [0.25, 0.3) is 0 Å². The molecule has 1 aromatic carbocycles. The maximum atomic E-state index is 13.0. The number of rotatable bonds is 12. The van der Waals surface area contributed by atoms with Crippen molar-refractivity contribution in [1.29, 1.82) is 0 Å². The number of benzene rings is 1. The summed E-state index contributed by atoms with van der Waals surface area (Å²) in [6.45, 7) is 6.50. The molecule has 2 saturated carbocycles. The number of nitrogens with zero attached hydrogens (tertiary/aromatic N) is 2. The summed E-state index contributed by atoms with van der Waals surface area (Å²) in [6, 6.07) is 7.44. The molecule has 1 aromatic heterocycles. The Labute approximate surface area is 224 Å². The van der Waals surface area contributed by atoms with Crippen LogP contribution in [0.4, 0.5) is 11.4 Å². The van der Waals surface area contributed by atoms with E-state index in [0.29, 0.717) is 47.7 Å². The predicted octanol–water partition coefficient (Wildman–Crippen LogP) is 3.95. The van der Waals surface area contributed by atoms with Crippen LogP contribution >= 0.6 is 0 Å². The third kappa shape index (κ3) is 7.72. The molecule has 0 spiro atoms. The number of nitrogens with one attached hydrogen (secondary N) is 2. The van der Waals surface area contributed by atoms with Gasteiger partial charge >= 0.3 is 0 Å². The van der Waals surface area contributed by atoms with Gasteiger partial charge in [0.15, 0.2) is 6.61 Å². The molecule has 11 heteroatoms. The molecule has 10 nitrogen and oxygen atoms in total. The van der Waals surface area contributed by atoms with Crippen molar-refractivity contribution in [3.8, 4) is 5.75 Å². The minimum Gasteiger partial charge on any atom is -0.484 e. The molecule has 38 heavy (non-hydrogen) atoms. The van der Waals surface area contributed by atoms with E-state index in [2.05, 4.69) is 33.9 Å². The fraction of sp³-hybridized carbons (Fsp3) is 0.593. The van der Waals surface area contributed by atoms with Gasteiger partial charge in [-0.15, -0.1) is 0 Å². The lowest BCUT2D eigenvalue weighted by Crippen LogP contribution is -2.40. The van der Waals surface area contributed by atoms with Crippen LogP contribution in [-0.4, -0.2) is 49.8 Å². The number of carbonyl (C=O) groups is 2. The molecule has 4 rings (SSSR count). The zero-order chi connectivity index (χ0) is 27.3. The predicted molar refractivity (Wildman–Crippen MR) is 145 cm³/mol. The van der Waals surface area contributed by atoms with E-state index in [0.717, 1.165) is 25.1 Å². The zero-order valence-electron chi connectivity index (χ0n) is 22.4. The topological polar surface area (TPSA) is 131 Å². The second kappa shape index (κ2) is 12.2. The first-order valence-electron chi connectivity index (χ1n) is 13.4. The Hall–Kier alpha value is -3.08. The minimum atomic E-state index is -3.64. The number of carbonyl (C=O) groups excluding carboxylic acids is 2. The Morgan fingerprint density at radius 3 is 2.47 bits per heavy atom. The number of amides is 2. The van der Waals surface area contributed by atoms with Gasteiger partial charge in [-0.1, -0.05) is 38.3 Å². The Bertz CT molecular complexity index is 1230. The van der Waals surface area contributed by atoms with E-state index in [1.165, 1.54) is 19.3 Å². The van der Waals surface area contributed by atoms with Crippen LogP contribution in [-0.2, 0) is 26.0 Å². The second-order valence-corrected chi connectivity index (χ2v) is 12.7. The maximum absolute atomic E-state index is 13.0. The van der Waals surface area contributed by atoms with Crippen LogP contribution < -0.4 is 19.7 Å². The molecule has 2 amide bonds. The molecule has 2 fully saturated rings. The molecule has 0 aliphatic heterocycles. The summed E-state index contributed by atoms with van der Waals surface area (Å²) >= 11 is 0. The average Bonchev–Trinajstić information content (AvgIpc) is 3.65. The van der Waals surface area contributed by atoms with Gasteiger partial charge < -0.3 is 19.5 Å². The summed E-state index contributed by atoms with van der Waals surface area (Å²) in [5.74, 6) is 0.418. The van der Waals surface area contributed by atoms with Crippen LogP contribution in [0, 0.1) is 12.8 Å². The summed E-state index contributed by atoms with van der Waals surface area (Å²) in [5.41, 5.74) is 2.00. The summed E-state index contributed by atoms with van der Waals surface area (Å²) in [5, 5.41) is 6.43. The first-order valence-corrected chi connectivity index (χ1v) is 15.0. The van der Waals surface area contributed by atoms with Crippen LogP contribution in [0.5, 0.6) is 5.75 Å². The number of hydrogen-bond donors (Lipinski definition) is 2. The van der Waals surface area contributed by atoms with Gasteiger partial charge in [-0.05, 0) is 50.7 Å². The maximum Gasteiger partial charge on any atom is 0.271 e. The Morgan fingerprint density at radius 1 is 1.11 bits per heavy atom. The molecule has 1 heterocycles. The van der Waals surface area contributed by atoms with Crippen molar-refractivity contribution in [1.82, 2.24) is 9.88 Å². The highest BCUT2D eigenvalue weighted by Crippen LogP contribution is 2.36. The molecule has 2 N–H and O–H groups in total. The van der Waals surface area contributed by atoms with Gasteiger partial charge in [0, 0.05) is 24.7 Å². The van der Waals surface area contributed by atoms with Gasteiger partial charge in [0.2, 0.25) is 15.9 Å². The fourth-order valence-electron chi connectivity index (χ4n) is 4.84. The normalized spacial score (nSPS) is 16.3. The number of aryl methyl sites for hydroxylation is 1. The number of hydrogen-bond acceptors (Lipinski definition) is 8. The Kier molecular flexibility index (Phi) is 8.96. The molecular weight excluding hydrogens is 508 g/mol. The monoisotopic (exact) mass is 546 g/mol. The lowest BCUT2D eigenvalue weighted by atomic mass is 9.93. The Balaban J connectivity index is 1.54. The van der Waals surface area contributed by atoms with Crippen molar-refractivity contribution >= 4 is 33.2 Å². The molecular formula is C27H38N4O6S. The molecule has 2 aliphatic carbocycles. The molecule has 0 radical (unpaired) electrons. The number of sulfonamides is 1. The number of ether oxygens (including phenoxy) is 1. The molecule has 0 atom stereocenters. The van der Waals surface area contributed by atoms with E-state index in [4.69, 9.17) is 9.26 Å². The lowest BCUT2D eigenvalue weighted by molar-refractivity contribution is -0.121. The third-order valence-corrected chi connectivity index (χ3v) is 8.60. The van der Waals surface area contributed by atoms with Crippen LogP contribution in [0.1, 0.15) is 70.2 Å². The van der Waals surface area contributed by atoms with E-state index in [1.807, 2.05) is 6.07 Å². The van der Waals surface area contributed by atoms with Crippen molar-refractivity contribution in [3.63, 3.8) is 0 Å². The van der Waals surface area contributed by atoms with Crippen molar-refractivity contribution in [2.24, 2.45) is 5.92 Å². The molecule has 2 aliphatic rings. The van der Waals surface area contributed by atoms with Gasteiger partial charge in [0.1, 0.15) is 11.5 Å². The van der Waals surface area contributed by atoms with E-state index < -0.39 is 27.8 Å². The molecule has 0 unspecified atom stereocenters. The van der Waals surface area contributed by atoms with Crippen LogP contribution in [0.15, 0.2) is 28.8 Å². The van der Waals surface area contributed by atoms with E-state index in [-0.39, 0.29) is 12.3 Å². The molecule has 2 aromatic rings. The highest BCUT2D eigenvalue weighted by Gasteiger charge is 2.36. The number of anilines is 2. The average molecular weight is 547 g/mol. The summed E-state index contributed by atoms with van der Waals surface area (Å²) in [6.07, 6.45) is 6.94.